The Balaban J connectivity index is 1.42. The van der Waals surface area contributed by atoms with Crippen LogP contribution in [0, 0.1) is 35.4 Å². The maximum atomic E-state index is 15.9. The van der Waals surface area contributed by atoms with E-state index in [9.17, 15) is 5.26 Å². The molecule has 222 valence electrons. The Kier molecular flexibility index (Phi) is 7.33. The van der Waals surface area contributed by atoms with Crippen LogP contribution in [-0.2, 0) is 5.92 Å². The van der Waals surface area contributed by atoms with Crippen molar-refractivity contribution in [3.8, 4) is 6.07 Å². The van der Waals surface area contributed by atoms with Gasteiger partial charge in [0.25, 0.3) is 5.92 Å². The van der Waals surface area contributed by atoms with Crippen molar-refractivity contribution in [2.45, 2.75) is 83.7 Å². The molecule has 0 radical (unpaired) electrons. The van der Waals surface area contributed by atoms with Gasteiger partial charge < -0.3 is 10.2 Å². The Hall–Kier alpha value is -3.38. The molecule has 1 unspecified atom stereocenters. The Morgan fingerprint density at radius 1 is 1.10 bits per heavy atom. The fraction of sp³-hybridized carbons (Fsp3) is 0.545. The van der Waals surface area contributed by atoms with E-state index < -0.39 is 34.7 Å². The number of halogens is 3. The highest BCUT2D eigenvalue weighted by atomic mass is 19.3. The number of anilines is 2. The van der Waals surface area contributed by atoms with E-state index in [0.717, 1.165) is 61.8 Å². The van der Waals surface area contributed by atoms with Crippen molar-refractivity contribution >= 4 is 17.7 Å². The lowest BCUT2D eigenvalue weighted by Crippen LogP contribution is -2.56. The van der Waals surface area contributed by atoms with Crippen LogP contribution in [0.25, 0.3) is 6.08 Å². The van der Waals surface area contributed by atoms with E-state index in [4.69, 9.17) is 4.98 Å². The fourth-order valence-corrected chi connectivity index (χ4v) is 6.73. The fourth-order valence-electron chi connectivity index (χ4n) is 6.73. The van der Waals surface area contributed by atoms with Crippen molar-refractivity contribution in [1.29, 1.82) is 5.26 Å². The van der Waals surface area contributed by atoms with Gasteiger partial charge in [0.15, 0.2) is 0 Å². The summed E-state index contributed by atoms with van der Waals surface area (Å²) in [5, 5.41) is 13.4. The van der Waals surface area contributed by atoms with Gasteiger partial charge in [0, 0.05) is 36.9 Å². The molecule has 9 heteroatoms. The lowest BCUT2D eigenvalue weighted by molar-refractivity contribution is -0.134. The summed E-state index contributed by atoms with van der Waals surface area (Å²) in [6, 6.07) is 6.35. The molecule has 1 aromatic carbocycles. The molecule has 5 heterocycles. The molecular weight excluding hydrogens is 537 g/mol. The van der Waals surface area contributed by atoms with Crippen LogP contribution in [0.4, 0.5) is 24.8 Å². The van der Waals surface area contributed by atoms with Crippen molar-refractivity contribution in [1.82, 2.24) is 14.9 Å². The van der Waals surface area contributed by atoms with Crippen LogP contribution in [0.5, 0.6) is 0 Å². The summed E-state index contributed by atoms with van der Waals surface area (Å²) in [6.07, 6.45) is 8.45. The van der Waals surface area contributed by atoms with E-state index in [2.05, 4.69) is 39.7 Å². The van der Waals surface area contributed by atoms with Gasteiger partial charge in [-0.25, -0.2) is 23.1 Å². The molecule has 5 aliphatic rings. The lowest BCUT2D eigenvalue weighted by Gasteiger charge is -2.46. The van der Waals surface area contributed by atoms with Crippen molar-refractivity contribution in [2.75, 3.05) is 29.9 Å². The Labute approximate surface area is 246 Å². The summed E-state index contributed by atoms with van der Waals surface area (Å²) in [5.41, 5.74) is 1.42. The van der Waals surface area contributed by atoms with Gasteiger partial charge in [-0.1, -0.05) is 44.0 Å². The van der Waals surface area contributed by atoms with Gasteiger partial charge in [0.2, 0.25) is 0 Å². The number of nitrogens with zero attached hydrogens (tertiary/aromatic N) is 5. The van der Waals surface area contributed by atoms with E-state index in [1.165, 1.54) is 12.1 Å². The molecule has 8 bridgehead atoms. The average molecular weight is 577 g/mol. The SMILES string of the molecule is C=C1C(C2(C#N)CC2)=Cc2c3nc(C)nc2N1CCCCCCC(C)N1CC(C1)C(F)(F)c1cccc(c1F)[C@@H](C)N3. The Bertz CT molecular complexity index is 1470. The highest BCUT2D eigenvalue weighted by Gasteiger charge is 2.51. The second kappa shape index (κ2) is 10.7. The van der Waals surface area contributed by atoms with Gasteiger partial charge in [-0.3, -0.25) is 4.90 Å². The number of alkyl halides is 2. The van der Waals surface area contributed by atoms with E-state index >= 15 is 13.2 Å². The molecule has 2 fully saturated rings. The number of hydrogen-bond donors (Lipinski definition) is 1. The first-order chi connectivity index (χ1) is 20.1. The quantitative estimate of drug-likeness (QED) is 0.379. The van der Waals surface area contributed by atoms with Crippen molar-refractivity contribution in [3.63, 3.8) is 0 Å². The van der Waals surface area contributed by atoms with Crippen LogP contribution >= 0.6 is 0 Å². The molecule has 2 aromatic rings. The van der Waals surface area contributed by atoms with E-state index in [-0.39, 0.29) is 24.7 Å². The van der Waals surface area contributed by atoms with Gasteiger partial charge in [-0.05, 0) is 58.1 Å². The largest absolute Gasteiger partial charge is 0.363 e. The minimum absolute atomic E-state index is 0.160. The lowest BCUT2D eigenvalue weighted by atomic mass is 9.85. The highest BCUT2D eigenvalue weighted by Crippen LogP contribution is 2.56. The van der Waals surface area contributed by atoms with Crippen molar-refractivity contribution in [3.05, 3.63) is 64.4 Å². The molecule has 6 nitrogen and oxygen atoms in total. The van der Waals surface area contributed by atoms with Crippen molar-refractivity contribution in [2.24, 2.45) is 11.3 Å². The summed E-state index contributed by atoms with van der Waals surface area (Å²) in [7, 11) is 0. The number of nitrogens with one attached hydrogen (secondary N) is 1. The smallest absolute Gasteiger partial charge is 0.281 e. The van der Waals surface area contributed by atoms with E-state index in [1.54, 1.807) is 19.9 Å². The predicted octanol–water partition coefficient (Wildman–Crippen LogP) is 7.49. The summed E-state index contributed by atoms with van der Waals surface area (Å²) < 4.78 is 47.3. The average Bonchev–Trinajstić information content (AvgIpc) is 3.71. The molecule has 7 rings (SSSR count). The molecule has 1 aromatic heterocycles. The summed E-state index contributed by atoms with van der Waals surface area (Å²) in [4.78, 5) is 13.7. The maximum absolute atomic E-state index is 15.9. The first-order valence-corrected chi connectivity index (χ1v) is 15.2. The van der Waals surface area contributed by atoms with Gasteiger partial charge >= 0.3 is 0 Å². The van der Waals surface area contributed by atoms with Crippen LogP contribution in [0.2, 0.25) is 0 Å². The summed E-state index contributed by atoms with van der Waals surface area (Å²) in [5.74, 6) is -3.33. The minimum atomic E-state index is -3.27. The number of aryl methyl sites for hydroxylation is 1. The number of aromatic nitrogens is 2. The molecule has 42 heavy (non-hydrogen) atoms. The molecule has 4 aliphatic heterocycles. The third kappa shape index (κ3) is 4.88. The normalized spacial score (nSPS) is 28.5. The van der Waals surface area contributed by atoms with Crippen molar-refractivity contribution < 1.29 is 13.2 Å². The van der Waals surface area contributed by atoms with Gasteiger partial charge in [0.05, 0.1) is 34.6 Å². The molecular formula is C33H39F3N6. The first kappa shape index (κ1) is 28.7. The first-order valence-electron chi connectivity index (χ1n) is 15.2. The Morgan fingerprint density at radius 3 is 2.55 bits per heavy atom. The van der Waals surface area contributed by atoms with E-state index in [1.807, 2.05) is 6.08 Å². The van der Waals surface area contributed by atoms with Crippen LogP contribution < -0.4 is 10.2 Å². The number of benzene rings is 1. The molecule has 1 aliphatic carbocycles. The number of hydrogen-bond acceptors (Lipinski definition) is 6. The second-order valence-corrected chi connectivity index (χ2v) is 12.6. The zero-order valence-electron chi connectivity index (χ0n) is 24.7. The number of fused-ring (bicyclic) bond motifs is 7. The molecule has 1 saturated carbocycles. The van der Waals surface area contributed by atoms with Gasteiger partial charge in [-0.2, -0.15) is 5.26 Å². The van der Waals surface area contributed by atoms with Gasteiger partial charge in [0.1, 0.15) is 23.3 Å². The Morgan fingerprint density at radius 2 is 1.83 bits per heavy atom. The zero-order valence-corrected chi connectivity index (χ0v) is 24.7. The maximum Gasteiger partial charge on any atom is 0.281 e. The van der Waals surface area contributed by atoms with Crippen LogP contribution in [0.1, 0.15) is 87.3 Å². The molecule has 1 N–H and O–H groups in total. The number of allylic oxidation sites excluding steroid dienone is 1. The van der Waals surface area contributed by atoms with Crippen LogP contribution in [0.3, 0.4) is 0 Å². The summed E-state index contributed by atoms with van der Waals surface area (Å²) in [6.45, 7) is 11.3. The third-order valence-electron chi connectivity index (χ3n) is 9.70. The second-order valence-electron chi connectivity index (χ2n) is 12.6. The predicted molar refractivity (Wildman–Crippen MR) is 158 cm³/mol. The molecule has 0 amide bonds. The van der Waals surface area contributed by atoms with E-state index in [0.29, 0.717) is 24.0 Å². The highest BCUT2D eigenvalue weighted by molar-refractivity contribution is 5.84. The minimum Gasteiger partial charge on any atom is -0.363 e. The van der Waals surface area contributed by atoms with Crippen LogP contribution in [-0.4, -0.2) is 40.5 Å². The summed E-state index contributed by atoms with van der Waals surface area (Å²) >= 11 is 0. The molecule has 0 spiro atoms. The molecule has 1 saturated heterocycles. The third-order valence-corrected chi connectivity index (χ3v) is 9.70. The van der Waals surface area contributed by atoms with Crippen LogP contribution in [0.15, 0.2) is 36.0 Å². The van der Waals surface area contributed by atoms with Gasteiger partial charge in [-0.15, -0.1) is 0 Å². The zero-order chi connectivity index (χ0) is 29.8. The monoisotopic (exact) mass is 576 g/mol. The topological polar surface area (TPSA) is 68.1 Å². The number of nitriles is 1. The standard InChI is InChI=1S/C33H39F3N6/c1-20-10-7-5-6-8-15-42-22(3)28(32(19-37)13-14-32)16-26-30(39-23(4)40-31(26)42)38-21(2)25-11-9-12-27(29(25)34)33(35,36)24-17-41(20)18-24/h9,11-12,16,20-21,24H,3,5-8,10,13-15,17-18H2,1-2,4H3,(H,38,39,40)/t20?,21-/m1/s1. The molecule has 2 atom stereocenters. The number of rotatable bonds is 1.